The average Bonchev–Trinajstić information content (AvgIpc) is 3.13. The van der Waals surface area contributed by atoms with Crippen LogP contribution in [0, 0.1) is 5.82 Å². The Bertz CT molecular complexity index is 1300. The number of aromatic nitrogens is 2. The zero-order chi connectivity index (χ0) is 21.5. The zero-order valence-electron chi connectivity index (χ0n) is 15.9. The molecule has 0 fully saturated rings. The Morgan fingerprint density at radius 2 is 1.81 bits per heavy atom. The summed E-state index contributed by atoms with van der Waals surface area (Å²) in [4.78, 5) is 4.65. The number of halogens is 4. The Morgan fingerprint density at radius 3 is 2.58 bits per heavy atom. The summed E-state index contributed by atoms with van der Waals surface area (Å²) in [7, 11) is 0. The number of nitrogens with zero attached hydrogens (tertiary/aromatic N) is 2. The van der Waals surface area contributed by atoms with Crippen molar-refractivity contribution in [1.82, 2.24) is 9.55 Å². The van der Waals surface area contributed by atoms with Crippen LogP contribution >= 0.6 is 11.6 Å². The molecule has 1 N–H and O–H groups in total. The van der Waals surface area contributed by atoms with Crippen molar-refractivity contribution < 1.29 is 17.9 Å². The largest absolute Gasteiger partial charge is 0.434 e. The van der Waals surface area contributed by atoms with E-state index in [9.17, 15) is 13.2 Å². The molecule has 1 atom stereocenters. The highest BCUT2D eigenvalue weighted by Crippen LogP contribution is 2.41. The van der Waals surface area contributed by atoms with Gasteiger partial charge in [0.25, 0.3) is 0 Å². The summed E-state index contributed by atoms with van der Waals surface area (Å²) in [6.07, 6.45) is 1.86. The first-order chi connectivity index (χ1) is 15.0. The number of alkyl halides is 2. The van der Waals surface area contributed by atoms with E-state index in [1.807, 2.05) is 34.9 Å². The maximum atomic E-state index is 13.4. The van der Waals surface area contributed by atoms with Gasteiger partial charge < -0.3 is 10.1 Å². The summed E-state index contributed by atoms with van der Waals surface area (Å²) in [5.41, 5.74) is 3.40. The highest BCUT2D eigenvalue weighted by molar-refractivity contribution is 6.30. The number of rotatable bonds is 4. The Balaban J connectivity index is 1.74. The number of ether oxygens (including phenoxy) is 1. The molecule has 3 aromatic carbocycles. The van der Waals surface area contributed by atoms with E-state index in [1.54, 1.807) is 18.2 Å². The lowest BCUT2D eigenvalue weighted by Crippen LogP contribution is -2.20. The van der Waals surface area contributed by atoms with Gasteiger partial charge in [0, 0.05) is 16.3 Å². The molecule has 2 heterocycles. The molecule has 0 amide bonds. The van der Waals surface area contributed by atoms with Crippen LogP contribution in [-0.4, -0.2) is 16.2 Å². The first kappa shape index (κ1) is 19.5. The second kappa shape index (κ2) is 7.67. The smallest absolute Gasteiger partial charge is 0.387 e. The van der Waals surface area contributed by atoms with Crippen molar-refractivity contribution in [2.75, 3.05) is 5.32 Å². The van der Waals surface area contributed by atoms with Crippen LogP contribution < -0.4 is 10.1 Å². The minimum absolute atomic E-state index is 0.0183. The number of hydrogen-bond acceptors (Lipinski definition) is 3. The Hall–Kier alpha value is -3.45. The number of nitrogens with one attached hydrogen (secondary N) is 1. The van der Waals surface area contributed by atoms with Crippen molar-refractivity contribution >= 4 is 34.3 Å². The predicted octanol–water partition coefficient (Wildman–Crippen LogP) is 6.49. The highest BCUT2D eigenvalue weighted by Gasteiger charge is 2.28. The van der Waals surface area contributed by atoms with Crippen molar-refractivity contribution in [2.24, 2.45) is 0 Å². The van der Waals surface area contributed by atoms with Gasteiger partial charge in [-0.2, -0.15) is 8.78 Å². The lowest BCUT2D eigenvalue weighted by Gasteiger charge is -2.28. The van der Waals surface area contributed by atoms with E-state index in [0.29, 0.717) is 22.2 Å². The van der Waals surface area contributed by atoms with Crippen LogP contribution in [0.3, 0.4) is 0 Å². The van der Waals surface area contributed by atoms with E-state index in [-0.39, 0.29) is 11.6 Å². The molecule has 0 bridgehead atoms. The van der Waals surface area contributed by atoms with E-state index < -0.39 is 12.7 Å². The molecule has 0 spiro atoms. The van der Waals surface area contributed by atoms with Crippen LogP contribution in [0.25, 0.3) is 16.7 Å². The van der Waals surface area contributed by atoms with Crippen molar-refractivity contribution in [1.29, 1.82) is 0 Å². The third-order valence-electron chi connectivity index (χ3n) is 5.11. The fraction of sp³-hybridized carbons (Fsp3) is 0.0870. The number of benzene rings is 3. The Kier molecular flexibility index (Phi) is 4.82. The number of anilines is 1. The fourth-order valence-electron chi connectivity index (χ4n) is 3.79. The van der Waals surface area contributed by atoms with Gasteiger partial charge in [-0.1, -0.05) is 23.7 Å². The molecular formula is C23H15ClF3N3O. The highest BCUT2D eigenvalue weighted by atomic mass is 35.5. The van der Waals surface area contributed by atoms with Gasteiger partial charge in [-0.15, -0.1) is 0 Å². The molecule has 1 aromatic heterocycles. The molecule has 1 aliphatic rings. The van der Waals surface area contributed by atoms with Crippen molar-refractivity contribution in [3.05, 3.63) is 94.8 Å². The number of allylic oxidation sites excluding steroid dienone is 1. The lowest BCUT2D eigenvalue weighted by molar-refractivity contribution is -0.0505. The van der Waals surface area contributed by atoms with Gasteiger partial charge in [0.05, 0.1) is 17.1 Å². The van der Waals surface area contributed by atoms with Crippen LogP contribution in [-0.2, 0) is 0 Å². The maximum absolute atomic E-state index is 13.4. The molecule has 0 aliphatic carbocycles. The van der Waals surface area contributed by atoms with Crippen LogP contribution in [0.2, 0.25) is 5.02 Å². The van der Waals surface area contributed by atoms with Crippen LogP contribution in [0.1, 0.15) is 17.2 Å². The SMILES string of the molecule is Fc1ccc(C2=C[C@H](c3cc(Cl)ccc3OC(F)F)n3c(nc4ccccc43)N2)cc1. The summed E-state index contributed by atoms with van der Waals surface area (Å²) in [5, 5.41) is 3.65. The molecule has 0 saturated carbocycles. The van der Waals surface area contributed by atoms with Gasteiger partial charge in [-0.25, -0.2) is 9.37 Å². The quantitative estimate of drug-likeness (QED) is 0.393. The monoisotopic (exact) mass is 441 g/mol. The minimum atomic E-state index is -2.99. The zero-order valence-corrected chi connectivity index (χ0v) is 16.7. The summed E-state index contributed by atoms with van der Waals surface area (Å²) >= 11 is 6.22. The first-order valence-corrected chi connectivity index (χ1v) is 9.83. The van der Waals surface area contributed by atoms with Crippen molar-refractivity contribution in [3.8, 4) is 5.75 Å². The van der Waals surface area contributed by atoms with E-state index in [4.69, 9.17) is 16.3 Å². The molecule has 0 radical (unpaired) electrons. The van der Waals surface area contributed by atoms with Crippen LogP contribution in [0.4, 0.5) is 19.1 Å². The summed E-state index contributed by atoms with van der Waals surface area (Å²) in [6, 6.07) is 17.5. The molecule has 31 heavy (non-hydrogen) atoms. The second-order valence-corrected chi connectivity index (χ2v) is 7.45. The van der Waals surface area contributed by atoms with Crippen molar-refractivity contribution in [2.45, 2.75) is 12.7 Å². The fourth-order valence-corrected chi connectivity index (χ4v) is 3.97. The van der Waals surface area contributed by atoms with Gasteiger partial charge in [0.1, 0.15) is 11.6 Å². The van der Waals surface area contributed by atoms with Crippen molar-refractivity contribution in [3.63, 3.8) is 0 Å². The molecule has 0 unspecified atom stereocenters. The molecule has 4 aromatic rings. The molecule has 0 saturated heterocycles. The summed E-state index contributed by atoms with van der Waals surface area (Å²) < 4.78 is 46.3. The molecule has 4 nitrogen and oxygen atoms in total. The molecule has 5 rings (SSSR count). The predicted molar refractivity (Wildman–Crippen MR) is 114 cm³/mol. The average molecular weight is 442 g/mol. The second-order valence-electron chi connectivity index (χ2n) is 7.01. The summed E-state index contributed by atoms with van der Waals surface area (Å²) in [5.74, 6) is 0.187. The topological polar surface area (TPSA) is 39.1 Å². The van der Waals surface area contributed by atoms with Crippen LogP contribution in [0.15, 0.2) is 72.8 Å². The number of para-hydroxylation sites is 2. The van der Waals surface area contributed by atoms with E-state index in [1.165, 1.54) is 24.3 Å². The third kappa shape index (κ3) is 3.61. The van der Waals surface area contributed by atoms with Gasteiger partial charge in [-0.3, -0.25) is 4.57 Å². The number of hydrogen-bond donors (Lipinski definition) is 1. The van der Waals surface area contributed by atoms with E-state index in [0.717, 1.165) is 16.6 Å². The third-order valence-corrected chi connectivity index (χ3v) is 5.34. The molecule has 8 heteroatoms. The Labute approximate surface area is 180 Å². The standard InChI is InChI=1S/C23H15ClF3N3O/c24-14-7-10-21(31-22(26)27)16(11-14)20-12-18(13-5-8-15(25)9-6-13)29-23-28-17-3-1-2-4-19(17)30(20)23/h1-12,20,22H,(H,28,29)/t20-/m1/s1. The maximum Gasteiger partial charge on any atom is 0.387 e. The molecule has 156 valence electrons. The number of fused-ring (bicyclic) bond motifs is 3. The lowest BCUT2D eigenvalue weighted by atomic mass is 10.00. The first-order valence-electron chi connectivity index (χ1n) is 9.45. The number of imidazole rings is 1. The minimum Gasteiger partial charge on any atom is -0.434 e. The van der Waals surface area contributed by atoms with Crippen LogP contribution in [0.5, 0.6) is 5.75 Å². The van der Waals surface area contributed by atoms with E-state index in [2.05, 4.69) is 10.3 Å². The van der Waals surface area contributed by atoms with Gasteiger partial charge in [-0.05, 0) is 66.2 Å². The molecular weight excluding hydrogens is 427 g/mol. The van der Waals surface area contributed by atoms with Gasteiger partial charge >= 0.3 is 6.61 Å². The molecule has 1 aliphatic heterocycles. The van der Waals surface area contributed by atoms with Gasteiger partial charge in [0.2, 0.25) is 5.95 Å². The van der Waals surface area contributed by atoms with Gasteiger partial charge in [0.15, 0.2) is 0 Å². The Morgan fingerprint density at radius 1 is 1.03 bits per heavy atom. The van der Waals surface area contributed by atoms with E-state index >= 15 is 0 Å². The summed E-state index contributed by atoms with van der Waals surface area (Å²) in [6.45, 7) is -2.99. The normalized spacial score (nSPS) is 15.5.